The van der Waals surface area contributed by atoms with Crippen molar-refractivity contribution in [3.05, 3.63) is 60.4 Å². The minimum atomic E-state index is -0.624. The minimum Gasteiger partial charge on any atom is -0.481 e. The number of amides is 4. The maximum Gasteiger partial charge on any atom is 0.321 e. The summed E-state index contributed by atoms with van der Waals surface area (Å²) in [6.45, 7) is 0.342. The van der Waals surface area contributed by atoms with Crippen molar-refractivity contribution in [2.24, 2.45) is 5.92 Å². The molecule has 0 unspecified atom stereocenters. The van der Waals surface area contributed by atoms with E-state index in [0.29, 0.717) is 25.1 Å². The number of nitrogens with zero attached hydrogens (tertiary/aromatic N) is 1. The van der Waals surface area contributed by atoms with E-state index in [4.69, 9.17) is 4.74 Å². The Balaban J connectivity index is 1.43. The lowest BCUT2D eigenvalue weighted by Gasteiger charge is -2.32. The maximum atomic E-state index is 13.5. The van der Waals surface area contributed by atoms with Gasteiger partial charge in [0.25, 0.3) is 5.91 Å². The van der Waals surface area contributed by atoms with Crippen molar-refractivity contribution in [3.63, 3.8) is 0 Å². The molecule has 8 nitrogen and oxygen atoms in total. The third-order valence-electron chi connectivity index (χ3n) is 4.62. The van der Waals surface area contributed by atoms with E-state index in [1.807, 2.05) is 18.2 Å². The summed E-state index contributed by atoms with van der Waals surface area (Å²) in [5.74, 6) is -2.10. The van der Waals surface area contributed by atoms with Gasteiger partial charge in [-0.3, -0.25) is 20.4 Å². The molecule has 1 saturated heterocycles. The fourth-order valence-corrected chi connectivity index (χ4v) is 3.07. The van der Waals surface area contributed by atoms with Crippen molar-refractivity contribution in [2.75, 3.05) is 25.0 Å². The third kappa shape index (κ3) is 5.94. The Bertz CT molecular complexity index is 894. The lowest BCUT2D eigenvalue weighted by molar-refractivity contribution is -0.132. The molecule has 0 spiro atoms. The Hall–Kier alpha value is -3.62. The van der Waals surface area contributed by atoms with Crippen molar-refractivity contribution < 1.29 is 23.5 Å². The maximum absolute atomic E-state index is 13.5. The summed E-state index contributed by atoms with van der Waals surface area (Å²) in [4.78, 5) is 38.2. The first-order valence-corrected chi connectivity index (χ1v) is 9.60. The van der Waals surface area contributed by atoms with Crippen molar-refractivity contribution in [1.29, 1.82) is 0 Å². The summed E-state index contributed by atoms with van der Waals surface area (Å²) in [7, 11) is 0. The van der Waals surface area contributed by atoms with Gasteiger partial charge in [-0.15, -0.1) is 0 Å². The molecule has 1 aliphatic heterocycles. The van der Waals surface area contributed by atoms with E-state index in [-0.39, 0.29) is 18.3 Å². The molecule has 0 saturated carbocycles. The number of likely N-dealkylation sites (tertiary alicyclic amines) is 1. The van der Waals surface area contributed by atoms with Crippen molar-refractivity contribution in [2.45, 2.75) is 12.8 Å². The van der Waals surface area contributed by atoms with Gasteiger partial charge < -0.3 is 15.0 Å². The molecule has 158 valence electrons. The van der Waals surface area contributed by atoms with E-state index >= 15 is 0 Å². The van der Waals surface area contributed by atoms with Crippen LogP contribution >= 0.6 is 0 Å². The predicted octanol–water partition coefficient (Wildman–Crippen LogP) is 2.30. The number of carbonyl (C=O) groups excluding carboxylic acids is 3. The molecule has 1 fully saturated rings. The summed E-state index contributed by atoms with van der Waals surface area (Å²) in [5.41, 5.74) is 5.27. The molecule has 2 aromatic carbocycles. The SMILES string of the molecule is O=C(COc1ccccc1F)NNC(=O)[C@H]1CCCN(C(=O)Nc2ccccc2)C1. The molecule has 9 heteroatoms. The summed E-state index contributed by atoms with van der Waals surface area (Å²) < 4.78 is 18.6. The Kier molecular flexibility index (Phi) is 7.20. The van der Waals surface area contributed by atoms with Gasteiger partial charge >= 0.3 is 6.03 Å². The second-order valence-electron chi connectivity index (χ2n) is 6.84. The molecule has 1 heterocycles. The molecule has 1 atom stereocenters. The van der Waals surface area contributed by atoms with Crippen LogP contribution < -0.4 is 20.9 Å². The zero-order chi connectivity index (χ0) is 21.3. The Morgan fingerprint density at radius 3 is 2.53 bits per heavy atom. The highest BCUT2D eigenvalue weighted by molar-refractivity contribution is 5.90. The number of nitrogens with one attached hydrogen (secondary N) is 3. The molecule has 2 aromatic rings. The molecule has 3 N–H and O–H groups in total. The van der Waals surface area contributed by atoms with Crippen molar-refractivity contribution in [3.8, 4) is 5.75 Å². The van der Waals surface area contributed by atoms with E-state index in [2.05, 4.69) is 16.2 Å². The van der Waals surface area contributed by atoms with Crippen LogP contribution in [0.15, 0.2) is 54.6 Å². The smallest absolute Gasteiger partial charge is 0.321 e. The number of benzene rings is 2. The summed E-state index contributed by atoms with van der Waals surface area (Å²) in [6.07, 6.45) is 1.27. The average Bonchev–Trinajstić information content (AvgIpc) is 2.77. The molecular formula is C21H23FN4O4. The van der Waals surface area contributed by atoms with Crippen molar-refractivity contribution >= 4 is 23.5 Å². The van der Waals surface area contributed by atoms with Gasteiger partial charge in [-0.2, -0.15) is 0 Å². The van der Waals surface area contributed by atoms with Crippen LogP contribution in [0.2, 0.25) is 0 Å². The Morgan fingerprint density at radius 2 is 1.77 bits per heavy atom. The summed E-state index contributed by atoms with van der Waals surface area (Å²) >= 11 is 0. The lowest BCUT2D eigenvalue weighted by Crippen LogP contribution is -2.51. The van der Waals surface area contributed by atoms with E-state index in [0.717, 1.165) is 0 Å². The molecule has 0 radical (unpaired) electrons. The number of hydrogen-bond acceptors (Lipinski definition) is 4. The number of rotatable bonds is 5. The van der Waals surface area contributed by atoms with Gasteiger partial charge in [0.15, 0.2) is 18.2 Å². The van der Waals surface area contributed by atoms with Gasteiger partial charge in [0.2, 0.25) is 5.91 Å². The predicted molar refractivity (Wildman–Crippen MR) is 108 cm³/mol. The first kappa shape index (κ1) is 21.1. The van der Waals surface area contributed by atoms with Crippen LogP contribution in [0.25, 0.3) is 0 Å². The molecule has 0 bridgehead atoms. The van der Waals surface area contributed by atoms with E-state index in [9.17, 15) is 18.8 Å². The number of hydrogen-bond donors (Lipinski definition) is 3. The quantitative estimate of drug-likeness (QED) is 0.654. The van der Waals surface area contributed by atoms with Gasteiger partial charge in [0, 0.05) is 18.8 Å². The molecule has 4 amide bonds. The number of ether oxygens (including phenoxy) is 1. The number of halogens is 1. The van der Waals surface area contributed by atoms with Crippen LogP contribution in [-0.4, -0.2) is 42.4 Å². The Labute approximate surface area is 173 Å². The molecule has 1 aliphatic rings. The topological polar surface area (TPSA) is 99.8 Å². The largest absolute Gasteiger partial charge is 0.481 e. The monoisotopic (exact) mass is 414 g/mol. The normalized spacial score (nSPS) is 15.8. The van der Waals surface area contributed by atoms with Crippen LogP contribution in [0.3, 0.4) is 0 Å². The fraction of sp³-hybridized carbons (Fsp3) is 0.286. The van der Waals surface area contributed by atoms with Crippen LogP contribution in [0.1, 0.15) is 12.8 Å². The van der Waals surface area contributed by atoms with Gasteiger partial charge in [0.05, 0.1) is 5.92 Å². The number of piperidine rings is 1. The van der Waals surface area contributed by atoms with Crippen LogP contribution in [-0.2, 0) is 9.59 Å². The molecule has 30 heavy (non-hydrogen) atoms. The highest BCUT2D eigenvalue weighted by Gasteiger charge is 2.28. The fourth-order valence-electron chi connectivity index (χ4n) is 3.07. The third-order valence-corrected chi connectivity index (χ3v) is 4.62. The zero-order valence-electron chi connectivity index (χ0n) is 16.3. The van der Waals surface area contributed by atoms with Gasteiger partial charge in [-0.25, -0.2) is 9.18 Å². The summed E-state index contributed by atoms with van der Waals surface area (Å²) in [5, 5.41) is 2.80. The number of para-hydroxylation sites is 2. The van der Waals surface area contributed by atoms with Crippen LogP contribution in [0, 0.1) is 11.7 Å². The first-order chi connectivity index (χ1) is 14.5. The van der Waals surface area contributed by atoms with Gasteiger partial charge in [0.1, 0.15) is 0 Å². The van der Waals surface area contributed by atoms with Crippen molar-refractivity contribution in [1.82, 2.24) is 15.8 Å². The first-order valence-electron chi connectivity index (χ1n) is 9.60. The zero-order valence-corrected chi connectivity index (χ0v) is 16.3. The number of carbonyl (C=O) groups is 3. The highest BCUT2D eigenvalue weighted by atomic mass is 19.1. The van der Waals surface area contributed by atoms with Crippen LogP contribution in [0.4, 0.5) is 14.9 Å². The molecule has 3 rings (SSSR count). The standard InChI is InChI=1S/C21H23FN4O4/c22-17-10-4-5-11-18(17)30-14-19(27)24-25-20(28)15-7-6-12-26(13-15)21(29)23-16-8-2-1-3-9-16/h1-5,8-11,15H,6-7,12-14H2,(H,23,29)(H,24,27)(H,25,28)/t15-/m0/s1. The number of urea groups is 1. The molecule has 0 aromatic heterocycles. The second kappa shape index (κ2) is 10.2. The summed E-state index contributed by atoms with van der Waals surface area (Å²) in [6, 6.07) is 14.5. The minimum absolute atomic E-state index is 0.0497. The van der Waals surface area contributed by atoms with Crippen LogP contribution in [0.5, 0.6) is 5.75 Å². The molecule has 0 aliphatic carbocycles. The van der Waals surface area contributed by atoms with E-state index in [1.54, 1.807) is 23.1 Å². The number of hydrazine groups is 1. The van der Waals surface area contributed by atoms with Gasteiger partial charge in [-0.05, 0) is 37.1 Å². The Morgan fingerprint density at radius 1 is 1.03 bits per heavy atom. The van der Waals surface area contributed by atoms with E-state index in [1.165, 1.54) is 18.2 Å². The lowest BCUT2D eigenvalue weighted by atomic mass is 9.98. The number of anilines is 1. The highest BCUT2D eigenvalue weighted by Crippen LogP contribution is 2.18. The van der Waals surface area contributed by atoms with E-state index < -0.39 is 30.2 Å². The molecular weight excluding hydrogens is 391 g/mol. The second-order valence-corrected chi connectivity index (χ2v) is 6.84. The van der Waals surface area contributed by atoms with Gasteiger partial charge in [-0.1, -0.05) is 30.3 Å². The average molecular weight is 414 g/mol.